The Kier molecular flexibility index (Phi) is 9.36. The fourth-order valence-electron chi connectivity index (χ4n) is 6.64. The van der Waals surface area contributed by atoms with Gasteiger partial charge in [0.1, 0.15) is 11.8 Å². The van der Waals surface area contributed by atoms with Crippen LogP contribution in [0.5, 0.6) is 0 Å². The predicted molar refractivity (Wildman–Crippen MR) is 170 cm³/mol. The van der Waals surface area contributed by atoms with E-state index in [1.165, 1.54) is 11.1 Å². The van der Waals surface area contributed by atoms with Gasteiger partial charge in [0.15, 0.2) is 5.78 Å². The summed E-state index contributed by atoms with van der Waals surface area (Å²) in [5.74, 6) is -1.28. The van der Waals surface area contributed by atoms with E-state index in [0.29, 0.717) is 61.4 Å². The molecule has 2 saturated heterocycles. The Morgan fingerprint density at radius 2 is 1.74 bits per heavy atom. The third kappa shape index (κ3) is 6.92. The van der Waals surface area contributed by atoms with E-state index in [-0.39, 0.29) is 61.1 Å². The first kappa shape index (κ1) is 31.3. The number of rotatable bonds is 9. The summed E-state index contributed by atoms with van der Waals surface area (Å²) in [7, 11) is 0. The minimum Gasteiger partial charge on any atom is -0.511 e. The third-order valence-electron chi connectivity index (χ3n) is 9.21. The summed E-state index contributed by atoms with van der Waals surface area (Å²) in [5.41, 5.74) is 3.03. The summed E-state index contributed by atoms with van der Waals surface area (Å²) in [6.07, 6.45) is 2.76. The monoisotopic (exact) mass is 626 g/mol. The number of carbonyl (C=O) groups is 5. The summed E-state index contributed by atoms with van der Waals surface area (Å²) in [6, 6.07) is 14.2. The highest BCUT2D eigenvalue weighted by molar-refractivity contribution is 6.14. The lowest BCUT2D eigenvalue weighted by atomic mass is 9.83. The molecular formula is C34H38N6O6. The van der Waals surface area contributed by atoms with Crippen LogP contribution in [-0.4, -0.2) is 107 Å². The fourth-order valence-corrected chi connectivity index (χ4v) is 6.64. The van der Waals surface area contributed by atoms with Gasteiger partial charge in [-0.2, -0.15) is 0 Å². The minimum absolute atomic E-state index is 0.0164. The molecule has 2 fully saturated rings. The number of piperidine rings is 1. The van der Waals surface area contributed by atoms with Crippen LogP contribution in [-0.2, 0) is 25.7 Å². The number of aliphatic hydroxyl groups excluding tert-OH is 1. The molecular weight excluding hydrogens is 588 g/mol. The smallest absolute Gasteiger partial charge is 0.255 e. The molecule has 6 rings (SSSR count). The second-order valence-electron chi connectivity index (χ2n) is 12.2. The van der Waals surface area contributed by atoms with Gasteiger partial charge in [0.2, 0.25) is 17.7 Å². The van der Waals surface area contributed by atoms with Crippen molar-refractivity contribution in [2.75, 3.05) is 51.1 Å². The molecule has 0 bridgehead atoms. The summed E-state index contributed by atoms with van der Waals surface area (Å²) in [6.45, 7) is 4.56. The van der Waals surface area contributed by atoms with Crippen molar-refractivity contribution in [2.24, 2.45) is 4.99 Å². The van der Waals surface area contributed by atoms with Gasteiger partial charge < -0.3 is 15.3 Å². The Bertz CT molecular complexity index is 1600. The van der Waals surface area contributed by atoms with E-state index in [4.69, 9.17) is 0 Å². The SMILES string of the molecule is O=C1CCC(N2Cc3c(NC(=O)CN4CCN(CCN=CC5=C(O)CC(c6ccccc6)CC5=O)CC4)cccc3C2=O)C(=O)N1. The molecule has 2 atom stereocenters. The second-order valence-corrected chi connectivity index (χ2v) is 12.2. The quantitative estimate of drug-likeness (QED) is 0.283. The number of carbonyl (C=O) groups excluding carboxylic acids is 5. The topological polar surface area (TPSA) is 152 Å². The summed E-state index contributed by atoms with van der Waals surface area (Å²) in [4.78, 5) is 72.9. The number of aliphatic imine (C=N–C) groups is 1. The van der Waals surface area contributed by atoms with Gasteiger partial charge in [-0.3, -0.25) is 44.1 Å². The molecule has 2 unspecified atom stereocenters. The molecule has 3 aliphatic heterocycles. The number of fused-ring (bicyclic) bond motifs is 1. The van der Waals surface area contributed by atoms with Gasteiger partial charge in [-0.1, -0.05) is 36.4 Å². The Morgan fingerprint density at radius 1 is 0.978 bits per heavy atom. The lowest BCUT2D eigenvalue weighted by Gasteiger charge is -2.34. The Morgan fingerprint density at radius 3 is 2.48 bits per heavy atom. The highest BCUT2D eigenvalue weighted by Gasteiger charge is 2.40. The fraction of sp³-hybridized carbons (Fsp3) is 0.412. The van der Waals surface area contributed by atoms with Crippen molar-refractivity contribution in [3.8, 4) is 0 Å². The number of aliphatic hydroxyl groups is 1. The Labute approximate surface area is 267 Å². The first-order chi connectivity index (χ1) is 22.3. The maximum absolute atomic E-state index is 13.1. The van der Waals surface area contributed by atoms with E-state index < -0.39 is 11.9 Å². The molecule has 0 aromatic heterocycles. The average molecular weight is 627 g/mol. The maximum atomic E-state index is 13.1. The first-order valence-corrected chi connectivity index (χ1v) is 15.8. The van der Waals surface area contributed by atoms with Crippen molar-refractivity contribution in [3.63, 3.8) is 0 Å². The standard InChI is InChI=1S/C34H38N6O6/c41-29-17-23(22-5-2-1-3-6-22)18-30(42)25(29)19-35-11-12-38-13-15-39(16-14-38)21-32(44)36-27-8-4-7-24-26(27)20-40(34(24)46)28-9-10-31(43)37-33(28)45/h1-8,19,23,28,41H,9-18,20-21H2,(H,36,44)(H,37,43,45). The van der Waals surface area contributed by atoms with Crippen LogP contribution < -0.4 is 10.6 Å². The number of Topliss-reactive ketones (excluding diaryl/α,β-unsaturated/α-hetero) is 1. The van der Waals surface area contributed by atoms with Crippen LogP contribution in [0, 0.1) is 0 Å². The normalized spacial score (nSPS) is 22.8. The van der Waals surface area contributed by atoms with Crippen LogP contribution in [0.3, 0.4) is 0 Å². The second kappa shape index (κ2) is 13.8. The molecule has 3 N–H and O–H groups in total. The number of allylic oxidation sites excluding steroid dienone is 2. The van der Waals surface area contributed by atoms with Crippen LogP contribution in [0.2, 0.25) is 0 Å². The molecule has 0 saturated carbocycles. The third-order valence-corrected chi connectivity index (χ3v) is 9.21. The lowest BCUT2D eigenvalue weighted by molar-refractivity contribution is -0.137. The van der Waals surface area contributed by atoms with E-state index in [1.54, 1.807) is 18.2 Å². The lowest BCUT2D eigenvalue weighted by Crippen LogP contribution is -2.52. The zero-order valence-corrected chi connectivity index (χ0v) is 25.6. The largest absolute Gasteiger partial charge is 0.511 e. The van der Waals surface area contributed by atoms with Gasteiger partial charge in [0.05, 0.1) is 18.7 Å². The maximum Gasteiger partial charge on any atom is 0.255 e. The minimum atomic E-state index is -0.713. The number of imide groups is 1. The first-order valence-electron chi connectivity index (χ1n) is 15.8. The van der Waals surface area contributed by atoms with Crippen LogP contribution >= 0.6 is 0 Å². The molecule has 3 heterocycles. The number of nitrogens with one attached hydrogen (secondary N) is 2. The van der Waals surface area contributed by atoms with Gasteiger partial charge in [-0.05, 0) is 30.0 Å². The zero-order valence-electron chi connectivity index (χ0n) is 25.6. The van der Waals surface area contributed by atoms with E-state index in [1.807, 2.05) is 30.3 Å². The predicted octanol–water partition coefficient (Wildman–Crippen LogP) is 2.03. The van der Waals surface area contributed by atoms with Crippen LogP contribution in [0.25, 0.3) is 0 Å². The summed E-state index contributed by atoms with van der Waals surface area (Å²) >= 11 is 0. The number of nitrogens with zero attached hydrogens (tertiary/aromatic N) is 4. The summed E-state index contributed by atoms with van der Waals surface area (Å²) < 4.78 is 0. The molecule has 1 aliphatic carbocycles. The van der Waals surface area contributed by atoms with Crippen molar-refractivity contribution in [1.82, 2.24) is 20.0 Å². The van der Waals surface area contributed by atoms with Crippen LogP contribution in [0.1, 0.15) is 53.1 Å². The van der Waals surface area contributed by atoms with E-state index in [2.05, 4.69) is 25.4 Å². The highest BCUT2D eigenvalue weighted by atomic mass is 16.3. The Balaban J connectivity index is 0.945. The number of anilines is 1. The summed E-state index contributed by atoms with van der Waals surface area (Å²) in [5, 5.41) is 15.8. The van der Waals surface area contributed by atoms with Crippen molar-refractivity contribution in [2.45, 2.75) is 44.2 Å². The molecule has 12 heteroatoms. The van der Waals surface area contributed by atoms with Crippen molar-refractivity contribution >= 4 is 41.3 Å². The molecule has 2 aromatic carbocycles. The van der Waals surface area contributed by atoms with E-state index in [9.17, 15) is 29.1 Å². The van der Waals surface area contributed by atoms with E-state index >= 15 is 0 Å². The molecule has 240 valence electrons. The number of amides is 4. The van der Waals surface area contributed by atoms with Gasteiger partial charge in [0, 0.05) is 81.6 Å². The highest BCUT2D eigenvalue weighted by Crippen LogP contribution is 2.34. The number of ketones is 1. The van der Waals surface area contributed by atoms with Crippen molar-refractivity contribution in [3.05, 3.63) is 76.6 Å². The molecule has 2 aromatic rings. The molecule has 4 amide bonds. The van der Waals surface area contributed by atoms with Gasteiger partial charge in [0.25, 0.3) is 5.91 Å². The molecule has 4 aliphatic rings. The number of hydrogen-bond donors (Lipinski definition) is 3. The molecule has 46 heavy (non-hydrogen) atoms. The number of benzene rings is 2. The van der Waals surface area contributed by atoms with Crippen molar-refractivity contribution in [1.29, 1.82) is 0 Å². The van der Waals surface area contributed by atoms with Gasteiger partial charge in [-0.15, -0.1) is 0 Å². The van der Waals surface area contributed by atoms with Gasteiger partial charge >= 0.3 is 0 Å². The molecule has 0 spiro atoms. The number of piperazine rings is 1. The van der Waals surface area contributed by atoms with E-state index in [0.717, 1.165) is 18.7 Å². The van der Waals surface area contributed by atoms with Gasteiger partial charge in [-0.25, -0.2) is 0 Å². The molecule has 0 radical (unpaired) electrons. The number of hydrogen-bond acceptors (Lipinski definition) is 9. The van der Waals surface area contributed by atoms with Crippen LogP contribution in [0.4, 0.5) is 5.69 Å². The average Bonchev–Trinajstić information content (AvgIpc) is 3.38. The molecule has 12 nitrogen and oxygen atoms in total. The Hall–Kier alpha value is -4.68. The zero-order chi connectivity index (χ0) is 32.2. The van der Waals surface area contributed by atoms with Crippen molar-refractivity contribution < 1.29 is 29.1 Å². The van der Waals surface area contributed by atoms with Crippen LogP contribution in [0.15, 0.2) is 64.9 Å².